The molecule has 0 fully saturated rings. The van der Waals surface area contributed by atoms with E-state index >= 15 is 0 Å². The normalized spacial score (nSPS) is 12.6. The van der Waals surface area contributed by atoms with E-state index in [1.54, 1.807) is 12.1 Å². The van der Waals surface area contributed by atoms with Crippen LogP contribution < -0.4 is 14.9 Å². The molecule has 1 amide bonds. The highest BCUT2D eigenvalue weighted by Gasteiger charge is 2.15. The second-order valence-corrected chi connectivity index (χ2v) is 4.43. The zero-order chi connectivity index (χ0) is 15.5. The molecule has 0 unspecified atom stereocenters. The maximum atomic E-state index is 13.4. The van der Waals surface area contributed by atoms with Crippen molar-refractivity contribution in [3.8, 4) is 11.5 Å². The average Bonchev–Trinajstić information content (AvgIpc) is 2.96. The first-order chi connectivity index (χ1) is 10.6. The number of fused-ring (bicyclic) bond motifs is 1. The number of ether oxygens (including phenoxy) is 2. The fraction of sp³-hybridized carbons (Fsp3) is 0.0667. The van der Waals surface area contributed by atoms with Crippen LogP contribution in [0.5, 0.6) is 11.5 Å². The topological polar surface area (TPSA) is 59.9 Å². The molecule has 112 valence electrons. The van der Waals surface area contributed by atoms with Crippen LogP contribution in [-0.4, -0.2) is 18.9 Å². The first-order valence-corrected chi connectivity index (χ1v) is 6.31. The Kier molecular flexibility index (Phi) is 3.69. The van der Waals surface area contributed by atoms with Gasteiger partial charge in [-0.25, -0.2) is 14.2 Å². The second-order valence-electron chi connectivity index (χ2n) is 4.43. The van der Waals surface area contributed by atoms with Crippen LogP contribution in [0.2, 0.25) is 0 Å². The van der Waals surface area contributed by atoms with Crippen molar-refractivity contribution in [3.05, 3.63) is 59.2 Å². The number of nitrogens with zero attached hydrogens (tertiary/aromatic N) is 1. The molecule has 0 aliphatic carbocycles. The summed E-state index contributed by atoms with van der Waals surface area (Å²) in [5, 5.41) is 3.64. The van der Waals surface area contributed by atoms with Gasteiger partial charge < -0.3 is 9.47 Å². The SMILES string of the molecule is O=C(NN=Cc1ccc(F)cc1F)c1ccc2c(c1)OCO2. The Hall–Kier alpha value is -2.96. The first kappa shape index (κ1) is 14.0. The molecule has 5 nitrogen and oxygen atoms in total. The number of carbonyl (C=O) groups is 1. The minimum absolute atomic E-state index is 0.0624. The smallest absolute Gasteiger partial charge is 0.271 e. The summed E-state index contributed by atoms with van der Waals surface area (Å²) in [6.45, 7) is 0.113. The third-order valence-electron chi connectivity index (χ3n) is 2.97. The number of halogens is 2. The summed E-state index contributed by atoms with van der Waals surface area (Å²) in [5.41, 5.74) is 2.64. The predicted molar refractivity (Wildman–Crippen MR) is 74.0 cm³/mol. The van der Waals surface area contributed by atoms with Crippen molar-refractivity contribution in [1.29, 1.82) is 0 Å². The van der Waals surface area contributed by atoms with Gasteiger partial charge in [0.15, 0.2) is 11.5 Å². The third-order valence-corrected chi connectivity index (χ3v) is 2.97. The number of amides is 1. The molecule has 0 bridgehead atoms. The van der Waals surface area contributed by atoms with E-state index in [4.69, 9.17) is 9.47 Å². The lowest BCUT2D eigenvalue weighted by molar-refractivity contribution is 0.0954. The highest BCUT2D eigenvalue weighted by molar-refractivity contribution is 5.95. The van der Waals surface area contributed by atoms with E-state index in [9.17, 15) is 13.6 Å². The van der Waals surface area contributed by atoms with E-state index in [0.29, 0.717) is 17.1 Å². The fourth-order valence-electron chi connectivity index (χ4n) is 1.87. The molecule has 0 saturated heterocycles. The molecule has 1 heterocycles. The van der Waals surface area contributed by atoms with Gasteiger partial charge in [0.1, 0.15) is 11.6 Å². The summed E-state index contributed by atoms with van der Waals surface area (Å²) in [6, 6.07) is 7.75. The Morgan fingerprint density at radius 3 is 2.77 bits per heavy atom. The van der Waals surface area contributed by atoms with E-state index < -0.39 is 17.5 Å². The Morgan fingerprint density at radius 2 is 1.95 bits per heavy atom. The molecular weight excluding hydrogens is 294 g/mol. The van der Waals surface area contributed by atoms with Crippen molar-refractivity contribution >= 4 is 12.1 Å². The number of rotatable bonds is 3. The second kappa shape index (κ2) is 5.80. The molecule has 22 heavy (non-hydrogen) atoms. The standard InChI is InChI=1S/C15H10F2N2O3/c16-11-3-1-10(12(17)6-11)7-18-19-15(20)9-2-4-13-14(5-9)22-8-21-13/h1-7H,8H2,(H,19,20). The van der Waals surface area contributed by atoms with E-state index in [0.717, 1.165) is 18.3 Å². The minimum Gasteiger partial charge on any atom is -0.454 e. The van der Waals surface area contributed by atoms with E-state index in [1.165, 1.54) is 12.1 Å². The Morgan fingerprint density at radius 1 is 1.14 bits per heavy atom. The van der Waals surface area contributed by atoms with Crippen LogP contribution in [0.25, 0.3) is 0 Å². The van der Waals surface area contributed by atoms with Crippen LogP contribution in [0.3, 0.4) is 0 Å². The van der Waals surface area contributed by atoms with Gasteiger partial charge in [0.2, 0.25) is 6.79 Å². The zero-order valence-corrected chi connectivity index (χ0v) is 11.2. The summed E-state index contributed by atoms with van der Waals surface area (Å²) in [6.07, 6.45) is 1.10. The van der Waals surface area contributed by atoms with Crippen LogP contribution in [0.15, 0.2) is 41.5 Å². The van der Waals surface area contributed by atoms with Crippen molar-refractivity contribution in [2.45, 2.75) is 0 Å². The largest absolute Gasteiger partial charge is 0.454 e. The average molecular weight is 304 g/mol. The first-order valence-electron chi connectivity index (χ1n) is 6.31. The predicted octanol–water partition coefficient (Wildman–Crippen LogP) is 2.46. The third kappa shape index (κ3) is 2.88. The van der Waals surface area contributed by atoms with Gasteiger partial charge in [-0.2, -0.15) is 5.10 Å². The molecule has 2 aromatic rings. The molecule has 0 atom stereocenters. The van der Waals surface area contributed by atoms with E-state index in [1.807, 2.05) is 0 Å². The van der Waals surface area contributed by atoms with Gasteiger partial charge >= 0.3 is 0 Å². The van der Waals surface area contributed by atoms with Crippen LogP contribution in [0.1, 0.15) is 15.9 Å². The molecule has 0 aromatic heterocycles. The quantitative estimate of drug-likeness (QED) is 0.700. The summed E-state index contributed by atoms with van der Waals surface area (Å²) in [5.74, 6) is -0.896. The Bertz CT molecular complexity index is 762. The molecule has 2 aromatic carbocycles. The lowest BCUT2D eigenvalue weighted by Gasteiger charge is -2.02. The highest BCUT2D eigenvalue weighted by Crippen LogP contribution is 2.32. The molecule has 1 N–H and O–H groups in total. The number of hydrogen-bond acceptors (Lipinski definition) is 4. The maximum Gasteiger partial charge on any atom is 0.271 e. The van der Waals surface area contributed by atoms with Crippen molar-refractivity contribution in [1.82, 2.24) is 5.43 Å². The summed E-state index contributed by atoms with van der Waals surface area (Å²) in [4.78, 5) is 11.9. The van der Waals surface area contributed by atoms with Gasteiger partial charge in [0, 0.05) is 17.2 Å². The molecule has 3 rings (SSSR count). The highest BCUT2D eigenvalue weighted by atomic mass is 19.1. The molecule has 0 spiro atoms. The molecule has 0 radical (unpaired) electrons. The van der Waals surface area contributed by atoms with Crippen LogP contribution in [-0.2, 0) is 0 Å². The van der Waals surface area contributed by atoms with Gasteiger partial charge in [-0.15, -0.1) is 0 Å². The molecule has 1 aliphatic rings. The van der Waals surface area contributed by atoms with Gasteiger partial charge in [-0.05, 0) is 30.3 Å². The number of benzene rings is 2. The van der Waals surface area contributed by atoms with Crippen LogP contribution >= 0.6 is 0 Å². The minimum atomic E-state index is -0.763. The zero-order valence-electron chi connectivity index (χ0n) is 11.2. The summed E-state index contributed by atoms with van der Waals surface area (Å²) in [7, 11) is 0. The lowest BCUT2D eigenvalue weighted by atomic mass is 10.2. The van der Waals surface area contributed by atoms with Crippen molar-refractivity contribution < 1.29 is 23.0 Å². The molecule has 7 heteroatoms. The fourth-order valence-corrected chi connectivity index (χ4v) is 1.87. The molecular formula is C15H10F2N2O3. The van der Waals surface area contributed by atoms with Crippen LogP contribution in [0, 0.1) is 11.6 Å². The molecule has 1 aliphatic heterocycles. The van der Waals surface area contributed by atoms with E-state index in [2.05, 4.69) is 10.5 Å². The number of hydrazone groups is 1. The summed E-state index contributed by atoms with van der Waals surface area (Å²) >= 11 is 0. The Labute approximate surface area is 124 Å². The van der Waals surface area contributed by atoms with Gasteiger partial charge in [0.25, 0.3) is 5.91 Å². The molecule has 0 saturated carbocycles. The van der Waals surface area contributed by atoms with Crippen molar-refractivity contribution in [2.24, 2.45) is 5.10 Å². The van der Waals surface area contributed by atoms with Crippen molar-refractivity contribution in [3.63, 3.8) is 0 Å². The van der Waals surface area contributed by atoms with Crippen LogP contribution in [0.4, 0.5) is 8.78 Å². The number of nitrogens with one attached hydrogen (secondary N) is 1. The monoisotopic (exact) mass is 304 g/mol. The Balaban J connectivity index is 1.68. The number of carbonyl (C=O) groups excluding carboxylic acids is 1. The van der Waals surface area contributed by atoms with Crippen molar-refractivity contribution in [2.75, 3.05) is 6.79 Å². The number of hydrogen-bond donors (Lipinski definition) is 1. The van der Waals surface area contributed by atoms with Gasteiger partial charge in [0.05, 0.1) is 6.21 Å². The summed E-state index contributed by atoms with van der Waals surface area (Å²) < 4.78 is 36.4. The van der Waals surface area contributed by atoms with Gasteiger partial charge in [-0.1, -0.05) is 0 Å². The lowest BCUT2D eigenvalue weighted by Crippen LogP contribution is -2.17. The van der Waals surface area contributed by atoms with Gasteiger partial charge in [-0.3, -0.25) is 4.79 Å². The van der Waals surface area contributed by atoms with E-state index in [-0.39, 0.29) is 12.4 Å². The maximum absolute atomic E-state index is 13.4.